The van der Waals surface area contributed by atoms with Crippen LogP contribution in [0.25, 0.3) is 21.8 Å². The summed E-state index contributed by atoms with van der Waals surface area (Å²) in [7, 11) is 0. The van der Waals surface area contributed by atoms with E-state index in [1.807, 2.05) is 18.2 Å². The number of carbonyl (C=O) groups excluding carboxylic acids is 1. The molecule has 0 N–H and O–H groups in total. The maximum atomic E-state index is 13.9. The zero-order valence-corrected chi connectivity index (χ0v) is 26.0. The number of hydrogen-bond donors (Lipinski definition) is 0. The van der Waals surface area contributed by atoms with Crippen molar-refractivity contribution in [3.8, 4) is 0 Å². The van der Waals surface area contributed by atoms with Crippen LogP contribution in [-0.4, -0.2) is 15.1 Å². The van der Waals surface area contributed by atoms with Gasteiger partial charge < -0.3 is 13.9 Å². The number of cyclic esters (lactones) is 1. The summed E-state index contributed by atoms with van der Waals surface area (Å²) in [5.41, 5.74) is 7.44. The van der Waals surface area contributed by atoms with E-state index in [9.17, 15) is 4.79 Å². The maximum absolute atomic E-state index is 13.9. The summed E-state index contributed by atoms with van der Waals surface area (Å²) >= 11 is 0. The molecule has 1 aliphatic heterocycles. The molecule has 218 valence electrons. The molecule has 0 bridgehead atoms. The van der Waals surface area contributed by atoms with Gasteiger partial charge in [-0.3, -0.25) is 0 Å². The van der Waals surface area contributed by atoms with Gasteiger partial charge in [0.15, 0.2) is 5.60 Å². The first-order valence-corrected chi connectivity index (χ1v) is 15.9. The summed E-state index contributed by atoms with van der Waals surface area (Å²) < 4.78 is 11.8. The molecule has 0 radical (unpaired) electrons. The summed E-state index contributed by atoms with van der Waals surface area (Å²) in [6.07, 6.45) is 6.89. The number of benzene rings is 3. The largest absolute Gasteiger partial charge is 0.440 e. The van der Waals surface area contributed by atoms with Crippen molar-refractivity contribution in [2.75, 3.05) is 0 Å². The summed E-state index contributed by atoms with van der Waals surface area (Å²) in [5, 5.41) is 2.30. The molecule has 0 spiro atoms. The van der Waals surface area contributed by atoms with Gasteiger partial charge in [-0.2, -0.15) is 0 Å². The molecule has 42 heavy (non-hydrogen) atoms. The highest BCUT2D eigenvalue weighted by molar-refractivity contribution is 6.01. The Hall–Kier alpha value is -3.79. The number of ether oxygens (including phenoxy) is 1. The Labute approximate surface area is 250 Å². The molecule has 0 fully saturated rings. The second kappa shape index (κ2) is 11.1. The van der Waals surface area contributed by atoms with E-state index in [2.05, 4.69) is 105 Å². The van der Waals surface area contributed by atoms with Gasteiger partial charge in [0.05, 0.1) is 5.56 Å². The SMILES string of the molecule is CCCCC(C)n1c(C)c(C2(c3c(C)n(C(C)CCCC)c4ccccc34)OC(=O)c3ccccc32)c2ccccc21. The number of fused-ring (bicyclic) bond motifs is 3. The van der Waals surface area contributed by atoms with E-state index in [1.165, 1.54) is 48.1 Å². The Kier molecular flexibility index (Phi) is 7.51. The molecule has 0 saturated heterocycles. The monoisotopic (exact) mass is 560 g/mol. The lowest BCUT2D eigenvalue weighted by atomic mass is 9.77. The first-order valence-electron chi connectivity index (χ1n) is 15.9. The molecule has 0 saturated carbocycles. The number of nitrogens with zero attached hydrogens (tertiary/aromatic N) is 2. The third-order valence-electron chi connectivity index (χ3n) is 9.62. The highest BCUT2D eigenvalue weighted by Crippen LogP contribution is 2.54. The van der Waals surface area contributed by atoms with Crippen LogP contribution in [0.15, 0.2) is 72.8 Å². The van der Waals surface area contributed by atoms with Crippen molar-refractivity contribution < 1.29 is 9.53 Å². The summed E-state index contributed by atoms with van der Waals surface area (Å²) in [4.78, 5) is 13.9. The number of unbranched alkanes of at least 4 members (excludes halogenated alkanes) is 2. The van der Waals surface area contributed by atoms with Gasteiger partial charge in [-0.15, -0.1) is 0 Å². The smallest absolute Gasteiger partial charge is 0.340 e. The molecule has 2 atom stereocenters. The van der Waals surface area contributed by atoms with Crippen LogP contribution in [0, 0.1) is 13.8 Å². The zero-order chi connectivity index (χ0) is 29.6. The predicted octanol–water partition coefficient (Wildman–Crippen LogP) is 10.2. The molecule has 5 aromatic rings. The highest BCUT2D eigenvalue weighted by atomic mass is 16.6. The summed E-state index contributed by atoms with van der Waals surface area (Å²) in [6, 6.07) is 26.1. The van der Waals surface area contributed by atoms with Crippen molar-refractivity contribution in [1.82, 2.24) is 9.13 Å². The van der Waals surface area contributed by atoms with Crippen LogP contribution < -0.4 is 0 Å². The molecular weight excluding hydrogens is 516 g/mol. The van der Waals surface area contributed by atoms with Crippen molar-refractivity contribution in [3.63, 3.8) is 0 Å². The lowest BCUT2D eigenvalue weighted by Crippen LogP contribution is -2.31. The number of para-hydroxylation sites is 2. The van der Waals surface area contributed by atoms with Crippen molar-refractivity contribution in [1.29, 1.82) is 0 Å². The second-order valence-corrected chi connectivity index (χ2v) is 12.3. The molecule has 4 heteroatoms. The minimum atomic E-state index is -1.06. The fraction of sp³-hybridized carbons (Fsp3) is 0.395. The van der Waals surface area contributed by atoms with E-state index >= 15 is 0 Å². The number of hydrogen-bond acceptors (Lipinski definition) is 2. The topological polar surface area (TPSA) is 36.2 Å². The summed E-state index contributed by atoms with van der Waals surface area (Å²) in [5.74, 6) is -0.254. The quantitative estimate of drug-likeness (QED) is 0.159. The van der Waals surface area contributed by atoms with E-state index in [0.29, 0.717) is 17.6 Å². The van der Waals surface area contributed by atoms with Gasteiger partial charge in [-0.25, -0.2) is 4.79 Å². The van der Waals surface area contributed by atoms with Crippen LogP contribution in [-0.2, 0) is 10.3 Å². The molecule has 2 unspecified atom stereocenters. The number of carbonyl (C=O) groups is 1. The van der Waals surface area contributed by atoms with Crippen LogP contribution >= 0.6 is 0 Å². The minimum absolute atomic E-state index is 0.254. The lowest BCUT2D eigenvalue weighted by Gasteiger charge is -2.32. The first-order chi connectivity index (χ1) is 20.4. The second-order valence-electron chi connectivity index (χ2n) is 12.3. The van der Waals surface area contributed by atoms with E-state index in [4.69, 9.17) is 4.74 Å². The molecule has 4 nitrogen and oxygen atoms in total. The molecule has 3 heterocycles. The van der Waals surface area contributed by atoms with Crippen LogP contribution in [0.5, 0.6) is 0 Å². The number of esters is 1. The maximum Gasteiger partial charge on any atom is 0.340 e. The fourth-order valence-electron chi connectivity index (χ4n) is 7.78. The van der Waals surface area contributed by atoms with Crippen molar-refractivity contribution in [3.05, 3.63) is 106 Å². The standard InChI is InChI=1S/C38H44N2O2/c1-7-9-17-25(3)39-27(5)35(30-20-12-15-23-33(30)39)38(32-22-14-11-19-29(32)37(41)42-38)36-28(6)40(26(4)18-10-8-2)34-24-16-13-21-31(34)36/h11-16,19-26H,7-10,17-18H2,1-6H3. The van der Waals surface area contributed by atoms with Gasteiger partial charge in [0.2, 0.25) is 0 Å². The molecular formula is C38H44N2O2. The average Bonchev–Trinajstić information content (AvgIpc) is 3.58. The molecule has 3 aromatic carbocycles. The molecule has 0 aliphatic carbocycles. The van der Waals surface area contributed by atoms with Crippen molar-refractivity contribution in [2.24, 2.45) is 0 Å². The van der Waals surface area contributed by atoms with Crippen LogP contribution in [0.1, 0.15) is 117 Å². The fourth-order valence-corrected chi connectivity index (χ4v) is 7.78. The molecule has 2 aromatic heterocycles. The third-order valence-corrected chi connectivity index (χ3v) is 9.62. The van der Waals surface area contributed by atoms with Gasteiger partial charge in [-0.05, 0) is 58.7 Å². The Morgan fingerprint density at radius 3 is 1.64 bits per heavy atom. The van der Waals surface area contributed by atoms with Crippen molar-refractivity contribution in [2.45, 2.75) is 97.8 Å². The van der Waals surface area contributed by atoms with Gasteiger partial charge in [0.1, 0.15) is 0 Å². The number of rotatable bonds is 10. The minimum Gasteiger partial charge on any atom is -0.440 e. The Balaban J connectivity index is 1.75. The van der Waals surface area contributed by atoms with Crippen LogP contribution in [0.3, 0.4) is 0 Å². The third kappa shape index (κ3) is 4.13. The Bertz CT molecular complexity index is 1670. The van der Waals surface area contributed by atoms with E-state index in [1.54, 1.807) is 0 Å². The molecule has 0 amide bonds. The van der Waals surface area contributed by atoms with Gasteiger partial charge in [0.25, 0.3) is 0 Å². The van der Waals surface area contributed by atoms with Gasteiger partial charge in [-0.1, -0.05) is 94.1 Å². The summed E-state index contributed by atoms with van der Waals surface area (Å²) in [6.45, 7) is 13.6. The normalized spacial score (nSPS) is 18.0. The zero-order valence-electron chi connectivity index (χ0n) is 26.0. The molecule has 1 aliphatic rings. The van der Waals surface area contributed by atoms with E-state index in [-0.39, 0.29) is 5.97 Å². The highest BCUT2D eigenvalue weighted by Gasteiger charge is 2.53. The van der Waals surface area contributed by atoms with Gasteiger partial charge >= 0.3 is 5.97 Å². The van der Waals surface area contributed by atoms with E-state index in [0.717, 1.165) is 40.3 Å². The van der Waals surface area contributed by atoms with Crippen molar-refractivity contribution >= 4 is 27.8 Å². The lowest BCUT2D eigenvalue weighted by molar-refractivity contribution is 0.0255. The first kappa shape index (κ1) is 28.3. The predicted molar refractivity (Wildman–Crippen MR) is 174 cm³/mol. The van der Waals surface area contributed by atoms with Crippen LogP contribution in [0.2, 0.25) is 0 Å². The van der Waals surface area contributed by atoms with Gasteiger partial charge in [0, 0.05) is 62.0 Å². The number of aromatic nitrogens is 2. The average molecular weight is 561 g/mol. The Morgan fingerprint density at radius 2 is 1.14 bits per heavy atom. The van der Waals surface area contributed by atoms with E-state index < -0.39 is 5.60 Å². The van der Waals surface area contributed by atoms with Crippen LogP contribution in [0.4, 0.5) is 0 Å². The molecule has 6 rings (SSSR count). The Morgan fingerprint density at radius 1 is 0.690 bits per heavy atom.